The topological polar surface area (TPSA) is 63.2 Å². The smallest absolute Gasteiger partial charge is 0.228 e. The van der Waals surface area contributed by atoms with Gasteiger partial charge in [0.25, 0.3) is 0 Å². The molecule has 0 aromatic heterocycles. The Morgan fingerprint density at radius 2 is 1.54 bits per heavy atom. The fraction of sp³-hybridized carbons (Fsp3) is 0.667. The molecule has 1 saturated heterocycles. The van der Waals surface area contributed by atoms with Gasteiger partial charge in [0.05, 0.1) is 17.4 Å². The number of anilines is 1. The van der Waals surface area contributed by atoms with Crippen LogP contribution in [0.15, 0.2) is 24.3 Å². The van der Waals surface area contributed by atoms with Crippen LogP contribution < -0.4 is 5.32 Å². The number of hydrogen-bond acceptors (Lipinski definition) is 3. The molecule has 4 saturated carbocycles. The van der Waals surface area contributed by atoms with Crippen LogP contribution in [-0.4, -0.2) is 25.8 Å². The maximum Gasteiger partial charge on any atom is 0.228 e. The largest absolute Gasteiger partial charge is 0.326 e. The van der Waals surface area contributed by atoms with E-state index in [4.69, 9.17) is 0 Å². The van der Waals surface area contributed by atoms with E-state index >= 15 is 0 Å². The van der Waals surface area contributed by atoms with Crippen molar-refractivity contribution in [3.8, 4) is 0 Å². The quantitative estimate of drug-likeness (QED) is 0.882. The zero-order valence-electron chi connectivity index (χ0n) is 15.1. The first-order valence-corrected chi connectivity index (χ1v) is 11.8. The number of sulfone groups is 1. The van der Waals surface area contributed by atoms with E-state index in [-0.39, 0.29) is 17.4 Å². The van der Waals surface area contributed by atoms with Crippen molar-refractivity contribution in [1.29, 1.82) is 0 Å². The Kier molecular flexibility index (Phi) is 3.76. The van der Waals surface area contributed by atoms with Gasteiger partial charge in [0.2, 0.25) is 5.91 Å². The van der Waals surface area contributed by atoms with E-state index in [9.17, 15) is 13.2 Å². The normalized spacial score (nSPS) is 39.8. The van der Waals surface area contributed by atoms with Crippen molar-refractivity contribution >= 4 is 21.4 Å². The molecule has 0 unspecified atom stereocenters. The molecule has 1 heterocycles. The van der Waals surface area contributed by atoms with Crippen molar-refractivity contribution in [3.63, 3.8) is 0 Å². The van der Waals surface area contributed by atoms with Gasteiger partial charge in [0.1, 0.15) is 0 Å². The molecule has 1 amide bonds. The minimum absolute atomic E-state index is 0.00973. The summed E-state index contributed by atoms with van der Waals surface area (Å²) in [5.41, 5.74) is 2.60. The Morgan fingerprint density at radius 1 is 0.962 bits per heavy atom. The molecule has 1 aromatic rings. The summed E-state index contributed by atoms with van der Waals surface area (Å²) in [4.78, 5) is 12.3. The monoisotopic (exact) mass is 373 g/mol. The number of carbonyl (C=O) groups is 1. The van der Waals surface area contributed by atoms with Crippen molar-refractivity contribution in [3.05, 3.63) is 29.8 Å². The van der Waals surface area contributed by atoms with Gasteiger partial charge in [-0.05, 0) is 85.8 Å². The van der Waals surface area contributed by atoms with Crippen LogP contribution in [0.25, 0.3) is 0 Å². The summed E-state index contributed by atoms with van der Waals surface area (Å²) in [6, 6.07) is 8.42. The third-order valence-corrected chi connectivity index (χ3v) is 9.17. The zero-order valence-corrected chi connectivity index (χ0v) is 15.9. The predicted molar refractivity (Wildman–Crippen MR) is 102 cm³/mol. The molecule has 0 radical (unpaired) electrons. The van der Waals surface area contributed by atoms with E-state index in [0.717, 1.165) is 23.4 Å². The van der Waals surface area contributed by atoms with Gasteiger partial charge in [0.15, 0.2) is 9.84 Å². The minimum Gasteiger partial charge on any atom is -0.326 e. The van der Waals surface area contributed by atoms with Crippen LogP contribution in [0.1, 0.15) is 50.5 Å². The van der Waals surface area contributed by atoms with Crippen LogP contribution in [0, 0.1) is 23.7 Å². The van der Waals surface area contributed by atoms with Gasteiger partial charge in [-0.1, -0.05) is 12.1 Å². The summed E-state index contributed by atoms with van der Waals surface area (Å²) in [6.45, 7) is 0. The van der Waals surface area contributed by atoms with E-state index in [0.29, 0.717) is 11.8 Å². The maximum atomic E-state index is 12.3. The lowest BCUT2D eigenvalue weighted by Crippen LogP contribution is -2.48. The Balaban J connectivity index is 1.30. The minimum atomic E-state index is -3.03. The summed E-state index contributed by atoms with van der Waals surface area (Å²) in [5, 5.41) is 2.92. The highest BCUT2D eigenvalue weighted by molar-refractivity contribution is 7.91. The molecule has 4 nitrogen and oxygen atoms in total. The standard InChI is InChI=1S/C21H27NO3S/c23-20(17-5-6-26(24,25)13-17)22-19-3-1-18(2-4-19)21-10-14-7-15(11-21)9-16(8-14)12-21/h1-4,14-17H,5-13H2,(H,22,23)/t14?,15?,16?,17-,21?/m1/s1. The molecule has 1 aromatic carbocycles. The predicted octanol–water partition coefficient (Wildman–Crippen LogP) is 3.53. The molecule has 5 aliphatic rings. The van der Waals surface area contributed by atoms with Crippen molar-refractivity contribution in [2.24, 2.45) is 23.7 Å². The SMILES string of the molecule is O=C(Nc1ccc(C23CC4CC(CC(C4)C2)C3)cc1)[C@@H]1CCS(=O)(=O)C1. The van der Waals surface area contributed by atoms with Gasteiger partial charge in [-0.2, -0.15) is 0 Å². The molecule has 26 heavy (non-hydrogen) atoms. The van der Waals surface area contributed by atoms with E-state index in [1.165, 1.54) is 44.1 Å². The van der Waals surface area contributed by atoms with Gasteiger partial charge < -0.3 is 5.32 Å². The molecule has 1 aliphatic heterocycles. The Labute approximate surface area is 155 Å². The highest BCUT2D eigenvalue weighted by Gasteiger charge is 2.51. The van der Waals surface area contributed by atoms with Crippen molar-refractivity contribution in [2.45, 2.75) is 50.4 Å². The highest BCUT2D eigenvalue weighted by Crippen LogP contribution is 2.60. The molecular formula is C21H27NO3S. The lowest BCUT2D eigenvalue weighted by Gasteiger charge is -2.57. The molecule has 1 atom stereocenters. The van der Waals surface area contributed by atoms with Crippen molar-refractivity contribution < 1.29 is 13.2 Å². The van der Waals surface area contributed by atoms with Crippen LogP contribution >= 0.6 is 0 Å². The van der Waals surface area contributed by atoms with E-state index in [1.54, 1.807) is 0 Å². The van der Waals surface area contributed by atoms with E-state index in [1.807, 2.05) is 12.1 Å². The molecule has 140 valence electrons. The van der Waals surface area contributed by atoms with E-state index in [2.05, 4.69) is 17.4 Å². The molecule has 0 spiro atoms. The fourth-order valence-electron chi connectivity index (χ4n) is 6.62. The summed E-state index contributed by atoms with van der Waals surface area (Å²) in [7, 11) is -3.03. The van der Waals surface area contributed by atoms with Crippen LogP contribution in [0.4, 0.5) is 5.69 Å². The Hall–Kier alpha value is -1.36. The average molecular weight is 374 g/mol. The van der Waals surface area contributed by atoms with Gasteiger partial charge in [-0.3, -0.25) is 4.79 Å². The highest BCUT2D eigenvalue weighted by atomic mass is 32.2. The number of benzene rings is 1. The summed E-state index contributed by atoms with van der Waals surface area (Å²) >= 11 is 0. The molecule has 4 aliphatic carbocycles. The molecule has 4 bridgehead atoms. The molecule has 5 fully saturated rings. The van der Waals surface area contributed by atoms with Gasteiger partial charge in [0, 0.05) is 5.69 Å². The maximum absolute atomic E-state index is 12.3. The first kappa shape index (κ1) is 16.8. The number of carbonyl (C=O) groups excluding carboxylic acids is 1. The van der Waals surface area contributed by atoms with Crippen LogP contribution in [0.2, 0.25) is 0 Å². The molecule has 6 rings (SSSR count). The summed E-state index contributed by atoms with van der Waals surface area (Å²) in [6.07, 6.45) is 8.78. The lowest BCUT2D eigenvalue weighted by molar-refractivity contribution is -0.119. The summed E-state index contributed by atoms with van der Waals surface area (Å²) < 4.78 is 23.1. The van der Waals surface area contributed by atoms with Crippen LogP contribution in [-0.2, 0) is 20.0 Å². The number of rotatable bonds is 3. The fourth-order valence-corrected chi connectivity index (χ4v) is 8.36. The summed E-state index contributed by atoms with van der Waals surface area (Å²) in [5.74, 6) is 2.33. The second kappa shape index (κ2) is 5.82. The molecule has 5 heteroatoms. The first-order chi connectivity index (χ1) is 12.4. The number of amides is 1. The van der Waals surface area contributed by atoms with Crippen LogP contribution in [0.5, 0.6) is 0 Å². The van der Waals surface area contributed by atoms with E-state index < -0.39 is 15.8 Å². The first-order valence-electron chi connectivity index (χ1n) is 10.0. The third kappa shape index (κ3) is 2.88. The van der Waals surface area contributed by atoms with Gasteiger partial charge >= 0.3 is 0 Å². The van der Waals surface area contributed by atoms with Crippen molar-refractivity contribution in [1.82, 2.24) is 0 Å². The van der Waals surface area contributed by atoms with Crippen molar-refractivity contribution in [2.75, 3.05) is 16.8 Å². The Bertz CT molecular complexity index is 792. The third-order valence-electron chi connectivity index (χ3n) is 7.41. The number of nitrogens with one attached hydrogen (secondary N) is 1. The molecule has 1 N–H and O–H groups in total. The van der Waals surface area contributed by atoms with Gasteiger partial charge in [-0.15, -0.1) is 0 Å². The van der Waals surface area contributed by atoms with Crippen LogP contribution in [0.3, 0.4) is 0 Å². The lowest BCUT2D eigenvalue weighted by atomic mass is 9.48. The van der Waals surface area contributed by atoms with Gasteiger partial charge in [-0.25, -0.2) is 8.42 Å². The number of hydrogen-bond donors (Lipinski definition) is 1. The molecular weight excluding hydrogens is 346 g/mol. The average Bonchev–Trinajstić information content (AvgIpc) is 2.94. The Morgan fingerprint density at radius 3 is 2.04 bits per heavy atom. The second-order valence-corrected chi connectivity index (χ2v) is 11.6. The zero-order chi connectivity index (χ0) is 17.9. The second-order valence-electron chi connectivity index (χ2n) is 9.36.